The molecule has 1 saturated heterocycles. The van der Waals surface area contributed by atoms with Crippen LogP contribution in [-0.4, -0.2) is 44.4 Å². The second-order valence-electron chi connectivity index (χ2n) is 9.54. The number of carbonyl (C=O) groups is 2. The summed E-state index contributed by atoms with van der Waals surface area (Å²) in [5.41, 5.74) is 8.59. The van der Waals surface area contributed by atoms with Crippen molar-refractivity contribution in [1.82, 2.24) is 19.6 Å². The molecule has 2 N–H and O–H groups in total. The Morgan fingerprint density at radius 1 is 1.26 bits per heavy atom. The van der Waals surface area contributed by atoms with E-state index in [2.05, 4.69) is 33.2 Å². The van der Waals surface area contributed by atoms with Gasteiger partial charge in [-0.1, -0.05) is 18.2 Å². The van der Waals surface area contributed by atoms with Gasteiger partial charge in [-0.3, -0.25) is 9.59 Å². The third-order valence-corrected chi connectivity index (χ3v) is 6.90. The lowest BCUT2D eigenvalue weighted by atomic mass is 9.85. The van der Waals surface area contributed by atoms with Gasteiger partial charge in [-0.25, -0.2) is 14.5 Å². The van der Waals surface area contributed by atoms with Crippen LogP contribution in [0.5, 0.6) is 0 Å². The summed E-state index contributed by atoms with van der Waals surface area (Å²) in [5, 5.41) is 4.63. The van der Waals surface area contributed by atoms with E-state index in [9.17, 15) is 9.59 Å². The van der Waals surface area contributed by atoms with Crippen LogP contribution >= 0.6 is 0 Å². The number of hydrogen-bond acceptors (Lipinski definition) is 6. The highest BCUT2D eigenvalue weighted by molar-refractivity contribution is 5.95. The van der Waals surface area contributed by atoms with Gasteiger partial charge in [-0.2, -0.15) is 5.10 Å². The van der Waals surface area contributed by atoms with Crippen LogP contribution in [0.3, 0.4) is 0 Å². The summed E-state index contributed by atoms with van der Waals surface area (Å²) < 4.78 is 1.73. The predicted molar refractivity (Wildman–Crippen MR) is 116 cm³/mol. The van der Waals surface area contributed by atoms with Crippen molar-refractivity contribution in [2.24, 2.45) is 11.1 Å². The molecule has 2 aliphatic rings. The van der Waals surface area contributed by atoms with Crippen LogP contribution in [0.25, 0.3) is 5.65 Å². The van der Waals surface area contributed by atoms with E-state index in [0.29, 0.717) is 49.6 Å². The maximum atomic E-state index is 12.3. The molecule has 3 aromatic rings. The number of hydrogen-bond donors (Lipinski definition) is 1. The van der Waals surface area contributed by atoms with Crippen molar-refractivity contribution in [3.8, 4) is 0 Å². The van der Waals surface area contributed by atoms with Gasteiger partial charge in [0.2, 0.25) is 5.91 Å². The number of nitrogens with two attached hydrogens (primary N) is 1. The number of benzene rings is 1. The second-order valence-corrected chi connectivity index (χ2v) is 9.54. The molecule has 8 nitrogen and oxygen atoms in total. The number of amides is 1. The van der Waals surface area contributed by atoms with E-state index >= 15 is 0 Å². The van der Waals surface area contributed by atoms with E-state index in [1.54, 1.807) is 16.9 Å². The average Bonchev–Trinajstić information content (AvgIpc) is 3.37. The minimum Gasteiger partial charge on any atom is -0.369 e. The highest BCUT2D eigenvalue weighted by Gasteiger charge is 2.40. The molecular weight excluding hydrogens is 392 g/mol. The third-order valence-electron chi connectivity index (χ3n) is 6.90. The molecule has 0 saturated carbocycles. The molecule has 0 radical (unpaired) electrons. The number of carbonyl (C=O) groups excluding carboxylic acids is 2. The molecule has 1 aliphatic carbocycles. The van der Waals surface area contributed by atoms with Crippen molar-refractivity contribution >= 4 is 23.2 Å². The quantitative estimate of drug-likeness (QED) is 0.693. The molecule has 8 heteroatoms. The van der Waals surface area contributed by atoms with Crippen LogP contribution in [-0.2, 0) is 27.8 Å². The van der Waals surface area contributed by atoms with E-state index in [1.165, 1.54) is 0 Å². The molecule has 1 aliphatic heterocycles. The molecule has 0 spiro atoms. The molecular formula is C23H26N6O2. The van der Waals surface area contributed by atoms with Gasteiger partial charge in [-0.15, -0.1) is 0 Å². The molecule has 1 atom stereocenters. The molecule has 0 bridgehead atoms. The second kappa shape index (κ2) is 6.60. The molecule has 1 fully saturated rings. The van der Waals surface area contributed by atoms with E-state index < -0.39 is 10.8 Å². The Labute approximate surface area is 180 Å². The summed E-state index contributed by atoms with van der Waals surface area (Å²) >= 11 is 0. The Morgan fingerprint density at radius 2 is 2.06 bits per heavy atom. The van der Waals surface area contributed by atoms with E-state index in [0.717, 1.165) is 16.7 Å². The first-order valence-corrected chi connectivity index (χ1v) is 10.6. The summed E-state index contributed by atoms with van der Waals surface area (Å²) in [6, 6.07) is 6.22. The minimum atomic E-state index is -0.563. The van der Waals surface area contributed by atoms with Gasteiger partial charge in [0.1, 0.15) is 5.78 Å². The van der Waals surface area contributed by atoms with Gasteiger partial charge in [0.25, 0.3) is 0 Å². The monoisotopic (exact) mass is 418 g/mol. The van der Waals surface area contributed by atoms with E-state index in [4.69, 9.17) is 10.7 Å². The molecule has 1 unspecified atom stereocenters. The summed E-state index contributed by atoms with van der Waals surface area (Å²) in [5.74, 6) is 1.37. The number of anilines is 1. The van der Waals surface area contributed by atoms with E-state index in [-0.39, 0.29) is 11.7 Å². The zero-order valence-electron chi connectivity index (χ0n) is 18.1. The van der Waals surface area contributed by atoms with Crippen molar-refractivity contribution in [3.63, 3.8) is 0 Å². The first-order valence-electron chi connectivity index (χ1n) is 10.6. The third kappa shape index (κ3) is 3.08. The number of primary amides is 1. The Hall–Kier alpha value is -3.29. The number of Topliss-reactive ketones (excluding diaryl/α,β-unsaturated/α-hetero) is 1. The Balaban J connectivity index is 1.43. The smallest absolute Gasteiger partial charge is 0.225 e. The SMILES string of the molecule is CC1(C(N)=O)CCN(c2nccn3nc(Cc4ccc5c(c4)CC(=O)C5(C)C)nc23)C1. The summed E-state index contributed by atoms with van der Waals surface area (Å²) in [6.45, 7) is 7.08. The zero-order chi connectivity index (χ0) is 22.0. The van der Waals surface area contributed by atoms with Gasteiger partial charge in [0, 0.05) is 43.7 Å². The molecule has 31 heavy (non-hydrogen) atoms. The number of ketones is 1. The minimum absolute atomic E-state index is 0.259. The first kappa shape index (κ1) is 19.7. The molecule has 3 heterocycles. The van der Waals surface area contributed by atoms with Gasteiger partial charge < -0.3 is 10.6 Å². The fourth-order valence-electron chi connectivity index (χ4n) is 4.73. The maximum absolute atomic E-state index is 12.3. The van der Waals surface area contributed by atoms with Crippen LogP contribution < -0.4 is 10.6 Å². The number of nitrogens with zero attached hydrogens (tertiary/aromatic N) is 5. The lowest BCUT2D eigenvalue weighted by Gasteiger charge is -2.21. The average molecular weight is 419 g/mol. The Kier molecular flexibility index (Phi) is 4.19. The number of aromatic nitrogens is 4. The molecule has 2 aromatic heterocycles. The topological polar surface area (TPSA) is 106 Å². The van der Waals surface area contributed by atoms with Crippen molar-refractivity contribution in [2.45, 2.75) is 45.4 Å². The highest BCUT2D eigenvalue weighted by atomic mass is 16.1. The number of fused-ring (bicyclic) bond motifs is 2. The van der Waals surface area contributed by atoms with Gasteiger partial charge in [0.05, 0.1) is 5.41 Å². The summed E-state index contributed by atoms with van der Waals surface area (Å²) in [6.07, 6.45) is 5.22. The van der Waals surface area contributed by atoms with Gasteiger partial charge in [-0.05, 0) is 43.9 Å². The summed E-state index contributed by atoms with van der Waals surface area (Å²) in [4.78, 5) is 35.5. The van der Waals surface area contributed by atoms with Crippen molar-refractivity contribution in [1.29, 1.82) is 0 Å². The Bertz CT molecular complexity index is 1230. The zero-order valence-corrected chi connectivity index (χ0v) is 18.1. The predicted octanol–water partition coefficient (Wildman–Crippen LogP) is 1.82. The van der Waals surface area contributed by atoms with Crippen molar-refractivity contribution < 1.29 is 9.59 Å². The lowest BCUT2D eigenvalue weighted by molar-refractivity contribution is -0.125. The Morgan fingerprint density at radius 3 is 2.81 bits per heavy atom. The van der Waals surface area contributed by atoms with Gasteiger partial charge >= 0.3 is 0 Å². The van der Waals surface area contributed by atoms with Crippen LogP contribution in [0.2, 0.25) is 0 Å². The van der Waals surface area contributed by atoms with E-state index in [1.807, 2.05) is 20.8 Å². The van der Waals surface area contributed by atoms with Crippen molar-refractivity contribution in [2.75, 3.05) is 18.0 Å². The fraction of sp³-hybridized carbons (Fsp3) is 0.435. The fourth-order valence-corrected chi connectivity index (χ4v) is 4.73. The highest BCUT2D eigenvalue weighted by Crippen LogP contribution is 2.36. The first-order chi connectivity index (χ1) is 14.7. The summed E-state index contributed by atoms with van der Waals surface area (Å²) in [7, 11) is 0. The van der Waals surface area contributed by atoms with Crippen molar-refractivity contribution in [3.05, 3.63) is 53.1 Å². The van der Waals surface area contributed by atoms with Crippen LogP contribution in [0.15, 0.2) is 30.6 Å². The lowest BCUT2D eigenvalue weighted by Crippen LogP contribution is -2.37. The molecule has 160 valence electrons. The largest absolute Gasteiger partial charge is 0.369 e. The van der Waals surface area contributed by atoms with Crippen LogP contribution in [0.4, 0.5) is 5.82 Å². The molecule has 5 rings (SSSR count). The number of rotatable bonds is 4. The maximum Gasteiger partial charge on any atom is 0.225 e. The molecule has 1 amide bonds. The van der Waals surface area contributed by atoms with Gasteiger partial charge in [0.15, 0.2) is 17.3 Å². The normalized spacial score (nSPS) is 22.3. The van der Waals surface area contributed by atoms with Crippen LogP contribution in [0, 0.1) is 5.41 Å². The van der Waals surface area contributed by atoms with Crippen LogP contribution in [0.1, 0.15) is 49.7 Å². The molecule has 1 aromatic carbocycles. The standard InChI is InChI=1S/C23H26N6O2/c1-22(2)16-5-4-14(10-15(16)12-17(22)30)11-18-26-20-19(25-7-9-29(20)27-18)28-8-6-23(3,13-28)21(24)31/h4-5,7,9-10H,6,8,11-13H2,1-3H3,(H2,24,31).